The van der Waals surface area contributed by atoms with Crippen molar-refractivity contribution in [2.75, 3.05) is 14.2 Å². The summed E-state index contributed by atoms with van der Waals surface area (Å²) in [7, 11) is 3.36. The van der Waals surface area contributed by atoms with Crippen LogP contribution in [-0.2, 0) is 0 Å². The molecule has 0 aliphatic rings. The van der Waals surface area contributed by atoms with E-state index in [1.165, 1.54) is 11.1 Å². The number of hydrogen-bond acceptors (Lipinski definition) is 2. The Balaban J connectivity index is 2.01. The summed E-state index contributed by atoms with van der Waals surface area (Å²) < 4.78 is 10.4. The molecule has 0 fully saturated rings. The number of ether oxygens (including phenoxy) is 2. The molecule has 4 heteroatoms. The van der Waals surface area contributed by atoms with E-state index in [2.05, 4.69) is 56.1 Å². The molecule has 2 unspecified atom stereocenters. The van der Waals surface area contributed by atoms with Gasteiger partial charge in [-0.3, -0.25) is 0 Å². The number of halogens is 2. The molecule has 0 amide bonds. The second-order valence-corrected chi connectivity index (χ2v) is 6.93. The summed E-state index contributed by atoms with van der Waals surface area (Å²) in [6.07, 6.45) is 0.957. The molecule has 2 atom stereocenters. The van der Waals surface area contributed by atoms with Crippen molar-refractivity contribution in [2.45, 2.75) is 16.1 Å². The van der Waals surface area contributed by atoms with Gasteiger partial charge in [0.05, 0.1) is 14.2 Å². The average molecular weight is 414 g/mol. The molecule has 2 nitrogen and oxygen atoms in total. The molecular weight excluding hydrogens is 396 g/mol. The van der Waals surface area contributed by atoms with Crippen molar-refractivity contribution < 1.29 is 9.47 Å². The molecular formula is C17H18Br2O2. The van der Waals surface area contributed by atoms with Gasteiger partial charge in [-0.1, -0.05) is 56.1 Å². The fraction of sp³-hybridized carbons (Fsp3) is 0.294. The second-order valence-electron chi connectivity index (χ2n) is 4.72. The van der Waals surface area contributed by atoms with Crippen LogP contribution in [0.5, 0.6) is 11.5 Å². The topological polar surface area (TPSA) is 18.5 Å². The third-order valence-electron chi connectivity index (χ3n) is 3.37. The van der Waals surface area contributed by atoms with E-state index in [1.54, 1.807) is 14.2 Å². The molecule has 2 rings (SSSR count). The van der Waals surface area contributed by atoms with Crippen molar-refractivity contribution in [3.05, 3.63) is 59.7 Å². The number of benzene rings is 2. The molecule has 0 heterocycles. The molecule has 0 spiro atoms. The molecule has 0 radical (unpaired) electrons. The molecule has 0 aliphatic heterocycles. The van der Waals surface area contributed by atoms with Crippen LogP contribution in [0.4, 0.5) is 0 Å². The highest BCUT2D eigenvalue weighted by Crippen LogP contribution is 2.38. The van der Waals surface area contributed by atoms with Crippen LogP contribution in [-0.4, -0.2) is 14.2 Å². The van der Waals surface area contributed by atoms with E-state index >= 15 is 0 Å². The Kier molecular flexibility index (Phi) is 6.12. The van der Waals surface area contributed by atoms with Crippen molar-refractivity contribution in [2.24, 2.45) is 0 Å². The summed E-state index contributed by atoms with van der Waals surface area (Å²) in [5, 5.41) is 0. The van der Waals surface area contributed by atoms with Crippen LogP contribution < -0.4 is 9.47 Å². The van der Waals surface area contributed by atoms with Crippen LogP contribution in [0, 0.1) is 0 Å². The zero-order valence-corrected chi connectivity index (χ0v) is 15.2. The average Bonchev–Trinajstić information content (AvgIpc) is 2.55. The molecule has 0 bridgehead atoms. The van der Waals surface area contributed by atoms with E-state index in [0.29, 0.717) is 0 Å². The molecule has 0 saturated heterocycles. The fourth-order valence-electron chi connectivity index (χ4n) is 2.08. The Labute approximate surface area is 142 Å². The minimum Gasteiger partial charge on any atom is -0.497 e. The van der Waals surface area contributed by atoms with Gasteiger partial charge in [-0.15, -0.1) is 0 Å². The molecule has 0 saturated carbocycles. The van der Waals surface area contributed by atoms with Gasteiger partial charge in [-0.25, -0.2) is 0 Å². The van der Waals surface area contributed by atoms with Gasteiger partial charge < -0.3 is 9.47 Å². The predicted molar refractivity (Wildman–Crippen MR) is 93.9 cm³/mol. The third kappa shape index (κ3) is 4.48. The third-order valence-corrected chi connectivity index (χ3v) is 5.17. The number of alkyl halides is 2. The summed E-state index contributed by atoms with van der Waals surface area (Å²) in [5.41, 5.74) is 2.49. The summed E-state index contributed by atoms with van der Waals surface area (Å²) in [4.78, 5) is 0.574. The first kappa shape index (κ1) is 16.4. The summed E-state index contributed by atoms with van der Waals surface area (Å²) in [6.45, 7) is 0. The van der Waals surface area contributed by atoms with Crippen LogP contribution in [0.3, 0.4) is 0 Å². The summed E-state index contributed by atoms with van der Waals surface area (Å²) in [6, 6.07) is 16.3. The lowest BCUT2D eigenvalue weighted by atomic mass is 10.0. The van der Waals surface area contributed by atoms with Crippen molar-refractivity contribution >= 4 is 31.9 Å². The highest BCUT2D eigenvalue weighted by atomic mass is 79.9. The minimum atomic E-state index is 0.287. The van der Waals surface area contributed by atoms with Gasteiger partial charge in [0, 0.05) is 9.65 Å². The first-order valence-electron chi connectivity index (χ1n) is 6.70. The van der Waals surface area contributed by atoms with Crippen LogP contribution in [0.15, 0.2) is 48.5 Å². The van der Waals surface area contributed by atoms with Gasteiger partial charge in [0.25, 0.3) is 0 Å². The van der Waals surface area contributed by atoms with Gasteiger partial charge in [0.2, 0.25) is 0 Å². The van der Waals surface area contributed by atoms with Crippen LogP contribution in [0.1, 0.15) is 27.2 Å². The highest BCUT2D eigenvalue weighted by Gasteiger charge is 2.15. The Morgan fingerprint density at radius 3 is 1.33 bits per heavy atom. The Bertz CT molecular complexity index is 501. The van der Waals surface area contributed by atoms with Crippen LogP contribution in [0.2, 0.25) is 0 Å². The summed E-state index contributed by atoms with van der Waals surface area (Å²) >= 11 is 7.53. The SMILES string of the molecule is COc1ccc(C(Br)CC(Br)c2ccc(OC)cc2)cc1. The van der Waals surface area contributed by atoms with Crippen molar-refractivity contribution in [1.82, 2.24) is 0 Å². The monoisotopic (exact) mass is 412 g/mol. The Hall–Kier alpha value is -1.00. The van der Waals surface area contributed by atoms with Crippen molar-refractivity contribution in [1.29, 1.82) is 0 Å². The molecule has 112 valence electrons. The number of rotatable bonds is 6. The van der Waals surface area contributed by atoms with E-state index in [0.717, 1.165) is 17.9 Å². The fourth-order valence-corrected chi connectivity index (χ4v) is 3.94. The first-order chi connectivity index (χ1) is 10.1. The Morgan fingerprint density at radius 1 is 0.714 bits per heavy atom. The maximum atomic E-state index is 5.18. The van der Waals surface area contributed by atoms with E-state index in [4.69, 9.17) is 9.47 Å². The van der Waals surface area contributed by atoms with Crippen LogP contribution >= 0.6 is 31.9 Å². The van der Waals surface area contributed by atoms with Gasteiger partial charge in [0.1, 0.15) is 11.5 Å². The summed E-state index contributed by atoms with van der Waals surface area (Å²) in [5.74, 6) is 1.76. The zero-order valence-electron chi connectivity index (χ0n) is 12.1. The number of hydrogen-bond donors (Lipinski definition) is 0. The number of methoxy groups -OCH3 is 2. The van der Waals surface area contributed by atoms with E-state index in [9.17, 15) is 0 Å². The van der Waals surface area contributed by atoms with E-state index < -0.39 is 0 Å². The molecule has 2 aromatic rings. The lowest BCUT2D eigenvalue weighted by molar-refractivity contribution is 0.414. The quantitative estimate of drug-likeness (QED) is 0.568. The Morgan fingerprint density at radius 2 is 1.05 bits per heavy atom. The predicted octanol–water partition coefficient (Wildman–Crippen LogP) is 5.67. The molecule has 0 aliphatic carbocycles. The molecule has 0 N–H and O–H groups in total. The smallest absolute Gasteiger partial charge is 0.118 e. The molecule has 0 aromatic heterocycles. The second kappa shape index (κ2) is 7.85. The van der Waals surface area contributed by atoms with E-state index in [-0.39, 0.29) is 9.65 Å². The normalized spacial score (nSPS) is 13.5. The lowest BCUT2D eigenvalue weighted by Gasteiger charge is -2.16. The van der Waals surface area contributed by atoms with E-state index in [1.807, 2.05) is 24.3 Å². The van der Waals surface area contributed by atoms with Gasteiger partial charge in [-0.2, -0.15) is 0 Å². The van der Waals surface area contributed by atoms with Crippen molar-refractivity contribution in [3.8, 4) is 11.5 Å². The van der Waals surface area contributed by atoms with Gasteiger partial charge >= 0.3 is 0 Å². The molecule has 21 heavy (non-hydrogen) atoms. The van der Waals surface area contributed by atoms with Gasteiger partial charge in [0.15, 0.2) is 0 Å². The maximum Gasteiger partial charge on any atom is 0.118 e. The van der Waals surface area contributed by atoms with Crippen molar-refractivity contribution in [3.63, 3.8) is 0 Å². The van der Waals surface area contributed by atoms with Crippen LogP contribution in [0.25, 0.3) is 0 Å². The standard InChI is InChI=1S/C17H18Br2O2/c1-20-14-7-3-12(4-8-14)16(18)11-17(19)13-5-9-15(21-2)10-6-13/h3-10,16-17H,11H2,1-2H3. The zero-order chi connectivity index (χ0) is 15.2. The minimum absolute atomic E-state index is 0.287. The molecule has 2 aromatic carbocycles. The largest absolute Gasteiger partial charge is 0.497 e. The van der Waals surface area contributed by atoms with Gasteiger partial charge in [-0.05, 0) is 41.8 Å². The lowest BCUT2D eigenvalue weighted by Crippen LogP contribution is -1.97. The maximum absolute atomic E-state index is 5.18. The first-order valence-corrected chi connectivity index (χ1v) is 8.53. The highest BCUT2D eigenvalue weighted by molar-refractivity contribution is 9.09.